The first-order valence-corrected chi connectivity index (χ1v) is 13.9. The van der Waals surface area contributed by atoms with E-state index in [2.05, 4.69) is 9.97 Å². The third kappa shape index (κ3) is 5.67. The molecule has 0 saturated heterocycles. The van der Waals surface area contributed by atoms with Crippen molar-refractivity contribution in [2.75, 3.05) is 36.5 Å². The lowest BCUT2D eigenvalue weighted by atomic mass is 9.92. The quantitative estimate of drug-likeness (QED) is 0.243. The molecule has 0 saturated carbocycles. The van der Waals surface area contributed by atoms with E-state index in [1.807, 2.05) is 46.2 Å². The zero-order valence-corrected chi connectivity index (χ0v) is 23.3. The normalized spacial score (nSPS) is 13.4. The van der Waals surface area contributed by atoms with E-state index < -0.39 is 23.0 Å². The molecule has 0 bridgehead atoms. The van der Waals surface area contributed by atoms with Crippen LogP contribution in [0.5, 0.6) is 5.88 Å². The molecule has 2 aromatic heterocycles. The van der Waals surface area contributed by atoms with Gasteiger partial charge in [0.15, 0.2) is 5.65 Å². The highest BCUT2D eigenvalue weighted by Crippen LogP contribution is 2.41. The fourth-order valence-electron chi connectivity index (χ4n) is 4.80. The summed E-state index contributed by atoms with van der Waals surface area (Å²) < 4.78 is 36.0. The van der Waals surface area contributed by atoms with Crippen LogP contribution >= 0.6 is 11.8 Å². The first-order valence-electron chi connectivity index (χ1n) is 12.9. The molecule has 0 amide bonds. The van der Waals surface area contributed by atoms with Crippen LogP contribution in [0.15, 0.2) is 65.7 Å². The number of rotatable bonds is 9. The van der Waals surface area contributed by atoms with Gasteiger partial charge in [-0.05, 0) is 37.6 Å². The van der Waals surface area contributed by atoms with Gasteiger partial charge >= 0.3 is 5.97 Å². The van der Waals surface area contributed by atoms with Crippen LogP contribution in [0.25, 0.3) is 11.0 Å². The van der Waals surface area contributed by atoms with Crippen molar-refractivity contribution in [2.24, 2.45) is 5.41 Å². The molecule has 5 rings (SSSR count). The van der Waals surface area contributed by atoms with Gasteiger partial charge in [-0.1, -0.05) is 30.3 Å². The summed E-state index contributed by atoms with van der Waals surface area (Å²) in [6.45, 7) is 4.48. The van der Waals surface area contributed by atoms with E-state index >= 15 is 8.78 Å². The number of carboxylic acids is 1. The number of methoxy groups -OCH3 is 1. The Bertz CT molecular complexity index is 1530. The smallest absolute Gasteiger partial charge is 0.310 e. The van der Waals surface area contributed by atoms with Crippen molar-refractivity contribution in [3.8, 4) is 5.88 Å². The van der Waals surface area contributed by atoms with Crippen molar-refractivity contribution in [1.82, 2.24) is 9.97 Å². The van der Waals surface area contributed by atoms with Crippen LogP contribution in [-0.4, -0.2) is 47.8 Å². The molecule has 0 fully saturated rings. The Labute approximate surface area is 235 Å². The fraction of sp³-hybridized carbons (Fsp3) is 0.300. The van der Waals surface area contributed by atoms with E-state index in [0.717, 1.165) is 5.56 Å². The summed E-state index contributed by atoms with van der Waals surface area (Å²) >= 11 is 1.38. The number of hydrogen-bond donors (Lipinski definition) is 1. The van der Waals surface area contributed by atoms with Gasteiger partial charge in [-0.3, -0.25) is 4.79 Å². The van der Waals surface area contributed by atoms with Crippen molar-refractivity contribution in [2.45, 2.75) is 31.0 Å². The maximum atomic E-state index is 15.4. The Balaban J connectivity index is 1.48. The van der Waals surface area contributed by atoms with E-state index in [1.54, 1.807) is 26.1 Å². The predicted octanol–water partition coefficient (Wildman–Crippen LogP) is 6.15. The van der Waals surface area contributed by atoms with Gasteiger partial charge in [0.2, 0.25) is 5.88 Å². The first kappa shape index (κ1) is 27.6. The summed E-state index contributed by atoms with van der Waals surface area (Å²) in [6.07, 6.45) is 1.64. The molecule has 0 aliphatic carbocycles. The molecule has 1 N–H and O–H groups in total. The lowest BCUT2D eigenvalue weighted by Crippen LogP contribution is -2.46. The maximum Gasteiger partial charge on any atom is 0.310 e. The summed E-state index contributed by atoms with van der Waals surface area (Å²) in [4.78, 5) is 25.2. The van der Waals surface area contributed by atoms with Gasteiger partial charge in [0.1, 0.15) is 11.6 Å². The van der Waals surface area contributed by atoms with Crippen LogP contribution in [0.4, 0.5) is 20.2 Å². The number of aliphatic carboxylic acids is 1. The highest BCUT2D eigenvalue weighted by atomic mass is 32.2. The van der Waals surface area contributed by atoms with E-state index in [4.69, 9.17) is 4.74 Å². The average molecular weight is 565 g/mol. The van der Waals surface area contributed by atoms with Gasteiger partial charge in [0.05, 0.1) is 30.1 Å². The Hall–Kier alpha value is -3.92. The Morgan fingerprint density at radius 1 is 1.07 bits per heavy atom. The summed E-state index contributed by atoms with van der Waals surface area (Å²) in [6, 6.07) is 16.1. The molecule has 1 aliphatic rings. The maximum absolute atomic E-state index is 15.4. The van der Waals surface area contributed by atoms with Crippen LogP contribution in [0.3, 0.4) is 0 Å². The Kier molecular flexibility index (Phi) is 7.80. The number of carbonyl (C=O) groups is 1. The Morgan fingerprint density at radius 3 is 2.45 bits per heavy atom. The number of thioether (sulfide) groups is 1. The molecule has 7 nitrogen and oxygen atoms in total. The molecule has 4 aromatic rings. The lowest BCUT2D eigenvalue weighted by molar-refractivity contribution is -0.146. The number of ether oxygens (including phenoxy) is 1. The molecule has 0 unspecified atom stereocenters. The molecule has 10 heteroatoms. The number of anilines is 2. The number of hydrogen-bond acceptors (Lipinski definition) is 7. The minimum atomic E-state index is -1.02. The summed E-state index contributed by atoms with van der Waals surface area (Å²) in [5.41, 5.74) is 1.85. The lowest BCUT2D eigenvalue weighted by Gasteiger charge is -2.41. The van der Waals surface area contributed by atoms with Crippen LogP contribution in [0.2, 0.25) is 0 Å². The molecule has 1 aliphatic heterocycles. The molecule has 0 radical (unpaired) electrons. The number of fused-ring (bicyclic) bond motifs is 3. The molecule has 2 aromatic carbocycles. The molecular formula is C30H30F2N4O3S. The highest BCUT2D eigenvalue weighted by molar-refractivity contribution is 7.98. The molecule has 0 atom stereocenters. The number of carboxylic acid groups (broad SMARTS) is 1. The van der Waals surface area contributed by atoms with Crippen molar-refractivity contribution < 1.29 is 23.4 Å². The van der Waals surface area contributed by atoms with Gasteiger partial charge in [0, 0.05) is 53.8 Å². The molecule has 3 heterocycles. The van der Waals surface area contributed by atoms with Crippen molar-refractivity contribution >= 4 is 40.1 Å². The Morgan fingerprint density at radius 2 is 1.77 bits per heavy atom. The fourth-order valence-corrected chi connectivity index (χ4v) is 5.70. The number of nitrogens with zero attached hydrogens (tertiary/aromatic N) is 4. The highest BCUT2D eigenvalue weighted by Gasteiger charge is 2.34. The minimum absolute atomic E-state index is 0.00436. The van der Waals surface area contributed by atoms with Gasteiger partial charge in [-0.15, -0.1) is 11.8 Å². The topological polar surface area (TPSA) is 78.8 Å². The van der Waals surface area contributed by atoms with E-state index in [1.165, 1.54) is 31.0 Å². The second-order valence-electron chi connectivity index (χ2n) is 10.4. The second-order valence-corrected chi connectivity index (χ2v) is 11.4. The van der Waals surface area contributed by atoms with Crippen molar-refractivity contribution in [3.05, 3.63) is 83.6 Å². The summed E-state index contributed by atoms with van der Waals surface area (Å²) in [5.74, 6) is -1.12. The van der Waals surface area contributed by atoms with E-state index in [-0.39, 0.29) is 18.7 Å². The molecule has 208 valence electrons. The number of pyridine rings is 2. The van der Waals surface area contributed by atoms with Gasteiger partial charge in [0.25, 0.3) is 0 Å². The third-order valence-electron chi connectivity index (χ3n) is 7.04. The monoisotopic (exact) mass is 564 g/mol. The van der Waals surface area contributed by atoms with E-state index in [0.29, 0.717) is 52.0 Å². The second kappa shape index (κ2) is 11.3. The molecule has 40 heavy (non-hydrogen) atoms. The largest absolute Gasteiger partial charge is 0.481 e. The standard InChI is InChI=1S/C30H30F2N4O3S/c1-30(2,29(37)38)18-36-12-11-35(27-21-9-10-26(39-3)34-28(21)33-15-25(27)36)16-22-23(31)13-20(14-24(22)32)40-17-19-7-5-4-6-8-19/h4-10,13-15H,11-12,16-18H2,1-3H3,(H,37,38). The number of halogens is 2. The predicted molar refractivity (Wildman–Crippen MR) is 153 cm³/mol. The number of benzene rings is 2. The van der Waals surface area contributed by atoms with Gasteiger partial charge in [-0.2, -0.15) is 4.98 Å². The average Bonchev–Trinajstić information content (AvgIpc) is 2.94. The zero-order chi connectivity index (χ0) is 28.4. The van der Waals surface area contributed by atoms with Crippen LogP contribution in [0.1, 0.15) is 25.0 Å². The van der Waals surface area contributed by atoms with Crippen molar-refractivity contribution in [1.29, 1.82) is 0 Å². The SMILES string of the molecule is COc1ccc2c3c(cnc2n1)N(CC(C)(C)C(=O)O)CCN3Cc1c(F)cc(SCc2ccccc2)cc1F. The zero-order valence-electron chi connectivity index (χ0n) is 22.5. The van der Waals surface area contributed by atoms with Crippen molar-refractivity contribution in [3.63, 3.8) is 0 Å². The first-order chi connectivity index (χ1) is 19.2. The van der Waals surface area contributed by atoms with E-state index in [9.17, 15) is 9.90 Å². The molecular weight excluding hydrogens is 534 g/mol. The molecule has 0 spiro atoms. The minimum Gasteiger partial charge on any atom is -0.481 e. The van der Waals surface area contributed by atoms with Gasteiger partial charge < -0.3 is 19.6 Å². The van der Waals surface area contributed by atoms with Gasteiger partial charge in [-0.25, -0.2) is 13.8 Å². The van der Waals surface area contributed by atoms with Crippen LogP contribution in [0, 0.1) is 17.0 Å². The summed E-state index contributed by atoms with van der Waals surface area (Å²) in [5, 5.41) is 10.4. The number of aromatic nitrogens is 2. The van der Waals surface area contributed by atoms with Crippen LogP contribution < -0.4 is 14.5 Å². The van der Waals surface area contributed by atoms with Crippen LogP contribution in [-0.2, 0) is 17.1 Å². The third-order valence-corrected chi connectivity index (χ3v) is 8.09. The summed E-state index contributed by atoms with van der Waals surface area (Å²) in [7, 11) is 1.52.